The third-order valence-electron chi connectivity index (χ3n) is 1.78. The Morgan fingerprint density at radius 2 is 1.60 bits per heavy atom. The van der Waals surface area contributed by atoms with Gasteiger partial charge in [0, 0.05) is 0 Å². The molecular formula is C10H9F3O2. The Labute approximate surface area is 84.3 Å². The van der Waals surface area contributed by atoms with E-state index >= 15 is 0 Å². The molecule has 0 aromatic heterocycles. The number of carbonyl (C=O) groups is 1. The molecule has 1 aromatic rings. The summed E-state index contributed by atoms with van der Waals surface area (Å²) in [6.07, 6.45) is -5.39. The summed E-state index contributed by atoms with van der Waals surface area (Å²) < 4.78 is 35.9. The van der Waals surface area contributed by atoms with Crippen molar-refractivity contribution in [1.82, 2.24) is 0 Å². The van der Waals surface area contributed by atoms with Gasteiger partial charge < -0.3 is 5.11 Å². The van der Waals surface area contributed by atoms with Crippen LogP contribution in [0.4, 0.5) is 13.2 Å². The van der Waals surface area contributed by atoms with E-state index in [0.29, 0.717) is 5.56 Å². The lowest BCUT2D eigenvalue weighted by atomic mass is 10.1. The topological polar surface area (TPSA) is 37.3 Å². The normalized spacial score (nSPS) is 11.4. The average molecular weight is 218 g/mol. The highest BCUT2D eigenvalue weighted by Gasteiger charge is 2.27. The first-order chi connectivity index (χ1) is 6.87. The van der Waals surface area contributed by atoms with Crippen LogP contribution < -0.4 is 0 Å². The summed E-state index contributed by atoms with van der Waals surface area (Å²) in [5, 5.41) is 8.44. The van der Waals surface area contributed by atoms with Crippen LogP contribution in [0.3, 0.4) is 0 Å². The van der Waals surface area contributed by atoms with Gasteiger partial charge in [-0.1, -0.05) is 24.3 Å². The lowest BCUT2D eigenvalue weighted by molar-refractivity contribution is -0.136. The van der Waals surface area contributed by atoms with Gasteiger partial charge in [0.05, 0.1) is 12.8 Å². The second-order valence-electron chi connectivity index (χ2n) is 3.18. The van der Waals surface area contributed by atoms with Crippen LogP contribution in [-0.2, 0) is 17.6 Å². The van der Waals surface area contributed by atoms with Crippen molar-refractivity contribution in [1.29, 1.82) is 0 Å². The standard InChI is InChI=1S/C10H9F3O2/c11-10(12,13)6-8-3-1-7(2-4-8)5-9(14)15/h1-4H,5-6H2,(H,14,15). The number of halogens is 3. The zero-order valence-electron chi connectivity index (χ0n) is 7.71. The monoisotopic (exact) mass is 218 g/mol. The van der Waals surface area contributed by atoms with E-state index in [2.05, 4.69) is 0 Å². The minimum absolute atomic E-state index is 0.136. The van der Waals surface area contributed by atoms with Gasteiger partial charge in [-0.15, -0.1) is 0 Å². The summed E-state index contributed by atoms with van der Waals surface area (Å²) in [5.41, 5.74) is 0.630. The van der Waals surface area contributed by atoms with Gasteiger partial charge in [0.25, 0.3) is 0 Å². The van der Waals surface area contributed by atoms with Crippen molar-refractivity contribution < 1.29 is 23.1 Å². The maximum Gasteiger partial charge on any atom is 0.393 e. The summed E-state index contributed by atoms with van der Waals surface area (Å²) in [4.78, 5) is 10.3. The molecule has 0 saturated carbocycles. The number of aliphatic carboxylic acids is 1. The predicted octanol–water partition coefficient (Wildman–Crippen LogP) is 2.42. The highest BCUT2D eigenvalue weighted by Crippen LogP contribution is 2.21. The van der Waals surface area contributed by atoms with E-state index in [-0.39, 0.29) is 12.0 Å². The number of benzene rings is 1. The summed E-state index contributed by atoms with van der Waals surface area (Å²) in [7, 11) is 0. The predicted molar refractivity (Wildman–Crippen MR) is 47.5 cm³/mol. The fourth-order valence-electron chi connectivity index (χ4n) is 1.18. The molecule has 0 bridgehead atoms. The van der Waals surface area contributed by atoms with E-state index in [1.165, 1.54) is 24.3 Å². The van der Waals surface area contributed by atoms with Crippen LogP contribution in [0.1, 0.15) is 11.1 Å². The highest BCUT2D eigenvalue weighted by molar-refractivity contribution is 5.70. The van der Waals surface area contributed by atoms with Crippen molar-refractivity contribution in [2.45, 2.75) is 19.0 Å². The first-order valence-electron chi connectivity index (χ1n) is 4.23. The van der Waals surface area contributed by atoms with Gasteiger partial charge in [-0.05, 0) is 11.1 Å². The van der Waals surface area contributed by atoms with Gasteiger partial charge in [0.2, 0.25) is 0 Å². The van der Waals surface area contributed by atoms with Crippen LogP contribution in [0.2, 0.25) is 0 Å². The van der Waals surface area contributed by atoms with Gasteiger partial charge in [-0.25, -0.2) is 0 Å². The summed E-state index contributed by atoms with van der Waals surface area (Å²) >= 11 is 0. The van der Waals surface area contributed by atoms with E-state index in [4.69, 9.17) is 5.11 Å². The van der Waals surface area contributed by atoms with Crippen molar-refractivity contribution in [3.8, 4) is 0 Å². The first kappa shape index (κ1) is 11.6. The van der Waals surface area contributed by atoms with E-state index in [9.17, 15) is 18.0 Å². The molecule has 0 atom stereocenters. The molecule has 0 heterocycles. The Bertz CT molecular complexity index is 341. The van der Waals surface area contributed by atoms with Crippen LogP contribution in [0.25, 0.3) is 0 Å². The number of carboxylic acids is 1. The Hall–Kier alpha value is -1.52. The molecule has 0 saturated heterocycles. The molecule has 0 radical (unpaired) electrons. The average Bonchev–Trinajstić information content (AvgIpc) is 2.05. The van der Waals surface area contributed by atoms with Crippen LogP contribution in [-0.4, -0.2) is 17.3 Å². The quantitative estimate of drug-likeness (QED) is 0.845. The third kappa shape index (κ3) is 4.49. The van der Waals surface area contributed by atoms with E-state index in [1.807, 2.05) is 0 Å². The largest absolute Gasteiger partial charge is 0.481 e. The van der Waals surface area contributed by atoms with E-state index < -0.39 is 18.6 Å². The smallest absolute Gasteiger partial charge is 0.393 e. The fourth-order valence-corrected chi connectivity index (χ4v) is 1.18. The van der Waals surface area contributed by atoms with Crippen LogP contribution in [0.15, 0.2) is 24.3 Å². The molecular weight excluding hydrogens is 209 g/mol. The van der Waals surface area contributed by atoms with Crippen molar-refractivity contribution in [3.63, 3.8) is 0 Å². The zero-order chi connectivity index (χ0) is 11.5. The molecule has 15 heavy (non-hydrogen) atoms. The van der Waals surface area contributed by atoms with Crippen molar-refractivity contribution >= 4 is 5.97 Å². The van der Waals surface area contributed by atoms with Crippen LogP contribution in [0.5, 0.6) is 0 Å². The summed E-state index contributed by atoms with van der Waals surface area (Å²) in [6.45, 7) is 0. The SMILES string of the molecule is O=C(O)Cc1ccc(CC(F)(F)F)cc1. The van der Waals surface area contributed by atoms with Gasteiger partial charge in [-0.2, -0.15) is 13.2 Å². The number of alkyl halides is 3. The van der Waals surface area contributed by atoms with Crippen molar-refractivity contribution in [2.24, 2.45) is 0 Å². The third-order valence-corrected chi connectivity index (χ3v) is 1.78. The Balaban J connectivity index is 2.68. The molecule has 0 aliphatic carbocycles. The first-order valence-corrected chi connectivity index (χ1v) is 4.23. The molecule has 0 fully saturated rings. The maximum absolute atomic E-state index is 12.0. The number of rotatable bonds is 3. The minimum atomic E-state index is -4.23. The van der Waals surface area contributed by atoms with Crippen molar-refractivity contribution in [3.05, 3.63) is 35.4 Å². The molecule has 0 amide bonds. The zero-order valence-corrected chi connectivity index (χ0v) is 7.71. The van der Waals surface area contributed by atoms with Gasteiger partial charge in [0.1, 0.15) is 0 Å². The molecule has 0 unspecified atom stereocenters. The fraction of sp³-hybridized carbons (Fsp3) is 0.300. The summed E-state index contributed by atoms with van der Waals surface area (Å²) in [6, 6.07) is 5.39. The number of hydrogen-bond donors (Lipinski definition) is 1. The lowest BCUT2D eigenvalue weighted by Gasteiger charge is -2.06. The van der Waals surface area contributed by atoms with E-state index in [0.717, 1.165) is 0 Å². The van der Waals surface area contributed by atoms with Gasteiger partial charge >= 0.3 is 12.1 Å². The molecule has 0 aliphatic rings. The van der Waals surface area contributed by atoms with Crippen LogP contribution >= 0.6 is 0 Å². The second kappa shape index (κ2) is 4.33. The molecule has 1 rings (SSSR count). The second-order valence-corrected chi connectivity index (χ2v) is 3.18. The molecule has 5 heteroatoms. The van der Waals surface area contributed by atoms with Crippen molar-refractivity contribution in [2.75, 3.05) is 0 Å². The molecule has 0 aliphatic heterocycles. The molecule has 2 nitrogen and oxygen atoms in total. The minimum Gasteiger partial charge on any atom is -0.481 e. The van der Waals surface area contributed by atoms with Gasteiger partial charge in [-0.3, -0.25) is 4.79 Å². The molecule has 0 spiro atoms. The molecule has 82 valence electrons. The highest BCUT2D eigenvalue weighted by atomic mass is 19.4. The molecule has 1 N–H and O–H groups in total. The Morgan fingerprint density at radius 3 is 2.00 bits per heavy atom. The van der Waals surface area contributed by atoms with E-state index in [1.54, 1.807) is 0 Å². The Kier molecular flexibility index (Phi) is 3.34. The Morgan fingerprint density at radius 1 is 1.13 bits per heavy atom. The van der Waals surface area contributed by atoms with Gasteiger partial charge in [0.15, 0.2) is 0 Å². The number of carboxylic acid groups (broad SMARTS) is 1. The van der Waals surface area contributed by atoms with Crippen LogP contribution in [0, 0.1) is 0 Å². The molecule has 1 aromatic carbocycles. The maximum atomic E-state index is 12.0. The summed E-state index contributed by atoms with van der Waals surface area (Å²) in [5.74, 6) is -1.00. The number of hydrogen-bond acceptors (Lipinski definition) is 1. The lowest BCUT2D eigenvalue weighted by Crippen LogP contribution is -2.11.